The zero-order valence-electron chi connectivity index (χ0n) is 21.9. The number of amides is 1. The molecular weight excluding hydrogens is 486 g/mol. The Kier molecular flexibility index (Phi) is 10.1. The zero-order valence-corrected chi connectivity index (χ0v) is 22.9. The molecule has 1 aliphatic heterocycles. The van der Waals surface area contributed by atoms with Crippen LogP contribution in [0.5, 0.6) is 5.75 Å². The standard InChI is InChI=1S/C27H35N7O2.H2S/c1-18(22-7-5-19(27(35)28-2)13-24(22)36-4)15-29-26-14-23(31-17-32-26)20-6-8-25(30-16-20)33-21-9-11-34(3)12-10-21;/h5-8,13-14,16-18,21H,9-12,15H2,1-4H3,(H,28,35)(H,30,33)(H,29,31,32);1H2/t18-;/m1./s1. The summed E-state index contributed by atoms with van der Waals surface area (Å²) in [5, 5.41) is 9.58. The largest absolute Gasteiger partial charge is 0.496 e. The molecule has 1 aliphatic rings. The Morgan fingerprint density at radius 3 is 2.57 bits per heavy atom. The van der Waals surface area contributed by atoms with E-state index >= 15 is 0 Å². The Morgan fingerprint density at radius 1 is 1.11 bits per heavy atom. The number of benzene rings is 1. The molecule has 0 saturated carbocycles. The van der Waals surface area contributed by atoms with Gasteiger partial charge >= 0.3 is 0 Å². The van der Waals surface area contributed by atoms with Gasteiger partial charge in [0.1, 0.15) is 23.7 Å². The molecule has 4 rings (SSSR count). The molecule has 3 N–H and O–H groups in total. The lowest BCUT2D eigenvalue weighted by Crippen LogP contribution is -2.36. The summed E-state index contributed by atoms with van der Waals surface area (Å²) in [7, 11) is 5.40. The number of carbonyl (C=O) groups is 1. The monoisotopic (exact) mass is 523 g/mol. The van der Waals surface area contributed by atoms with E-state index in [0.717, 1.165) is 54.4 Å². The van der Waals surface area contributed by atoms with E-state index in [1.165, 1.54) is 0 Å². The van der Waals surface area contributed by atoms with Gasteiger partial charge in [0.15, 0.2) is 0 Å². The molecule has 1 atom stereocenters. The first-order valence-corrected chi connectivity index (χ1v) is 12.3. The molecule has 0 bridgehead atoms. The molecule has 1 fully saturated rings. The molecule has 9 nitrogen and oxygen atoms in total. The van der Waals surface area contributed by atoms with Crippen LogP contribution in [0.4, 0.5) is 11.6 Å². The summed E-state index contributed by atoms with van der Waals surface area (Å²) in [6.07, 6.45) is 5.67. The molecule has 3 heterocycles. The fourth-order valence-corrected chi connectivity index (χ4v) is 4.38. The maximum Gasteiger partial charge on any atom is 0.251 e. The molecule has 0 unspecified atom stereocenters. The van der Waals surface area contributed by atoms with Crippen molar-refractivity contribution in [2.45, 2.75) is 31.7 Å². The fraction of sp³-hybridized carbons (Fsp3) is 0.407. The quantitative estimate of drug-likeness (QED) is 0.390. The smallest absolute Gasteiger partial charge is 0.251 e. The van der Waals surface area contributed by atoms with Crippen molar-refractivity contribution in [3.8, 4) is 17.0 Å². The summed E-state index contributed by atoms with van der Waals surface area (Å²) in [6.45, 7) is 4.97. The third-order valence-electron chi connectivity index (χ3n) is 6.64. The van der Waals surface area contributed by atoms with E-state index in [1.807, 2.05) is 36.5 Å². The second-order valence-corrected chi connectivity index (χ2v) is 9.26. The van der Waals surface area contributed by atoms with Crippen LogP contribution in [-0.4, -0.2) is 72.6 Å². The van der Waals surface area contributed by atoms with Crippen LogP contribution >= 0.6 is 13.5 Å². The molecule has 1 amide bonds. The first-order chi connectivity index (χ1) is 17.5. The highest BCUT2D eigenvalue weighted by atomic mass is 32.1. The van der Waals surface area contributed by atoms with Gasteiger partial charge in [0.2, 0.25) is 0 Å². The Labute approximate surface area is 225 Å². The lowest BCUT2D eigenvalue weighted by molar-refractivity contribution is 0.0962. The fourth-order valence-electron chi connectivity index (χ4n) is 4.38. The number of rotatable bonds is 9. The van der Waals surface area contributed by atoms with E-state index in [1.54, 1.807) is 26.6 Å². The summed E-state index contributed by atoms with van der Waals surface area (Å²) in [5.74, 6) is 2.31. The number of anilines is 2. The molecular formula is C27H37N7O2S. The first-order valence-electron chi connectivity index (χ1n) is 12.3. The highest BCUT2D eigenvalue weighted by Crippen LogP contribution is 2.28. The van der Waals surface area contributed by atoms with Gasteiger partial charge in [-0.05, 0) is 62.8 Å². The molecule has 1 aromatic carbocycles. The van der Waals surface area contributed by atoms with Crippen molar-refractivity contribution < 1.29 is 9.53 Å². The Balaban J connectivity index is 0.00000380. The van der Waals surface area contributed by atoms with Crippen molar-refractivity contribution in [1.29, 1.82) is 0 Å². The first kappa shape index (κ1) is 28.2. The summed E-state index contributed by atoms with van der Waals surface area (Å²) < 4.78 is 5.55. The molecule has 0 spiro atoms. The number of carbonyl (C=O) groups excluding carboxylic acids is 1. The number of pyridine rings is 1. The minimum atomic E-state index is -0.140. The number of nitrogens with one attached hydrogen (secondary N) is 3. The summed E-state index contributed by atoms with van der Waals surface area (Å²) >= 11 is 0. The number of piperidine rings is 1. The molecule has 2 aromatic heterocycles. The highest BCUT2D eigenvalue weighted by Gasteiger charge is 2.17. The van der Waals surface area contributed by atoms with Crippen molar-refractivity contribution in [3.63, 3.8) is 0 Å². The molecule has 0 radical (unpaired) electrons. The molecule has 37 heavy (non-hydrogen) atoms. The topological polar surface area (TPSA) is 104 Å². The van der Waals surface area contributed by atoms with Crippen LogP contribution in [0, 0.1) is 0 Å². The number of ether oxygens (including phenoxy) is 1. The lowest BCUT2D eigenvalue weighted by Gasteiger charge is -2.29. The Morgan fingerprint density at radius 2 is 1.89 bits per heavy atom. The Hall–Kier alpha value is -3.37. The molecule has 3 aromatic rings. The minimum Gasteiger partial charge on any atom is -0.496 e. The summed E-state index contributed by atoms with van der Waals surface area (Å²) in [5.41, 5.74) is 3.34. The van der Waals surface area contributed by atoms with Crippen molar-refractivity contribution in [3.05, 3.63) is 60.0 Å². The summed E-state index contributed by atoms with van der Waals surface area (Å²) in [6, 6.07) is 12.0. The van der Waals surface area contributed by atoms with Gasteiger partial charge in [-0.3, -0.25) is 4.79 Å². The van der Waals surface area contributed by atoms with Crippen LogP contribution in [0.15, 0.2) is 48.9 Å². The van der Waals surface area contributed by atoms with Gasteiger partial charge in [0.25, 0.3) is 5.91 Å². The average Bonchev–Trinajstić information content (AvgIpc) is 2.92. The minimum absolute atomic E-state index is 0. The van der Waals surface area contributed by atoms with E-state index in [-0.39, 0.29) is 25.3 Å². The molecule has 1 saturated heterocycles. The second-order valence-electron chi connectivity index (χ2n) is 9.26. The SMILES string of the molecule is CNC(=O)c1ccc([C@H](C)CNc2cc(-c3ccc(NC4CCN(C)CC4)nc3)ncn2)c(OC)c1.S. The van der Waals surface area contributed by atoms with Crippen molar-refractivity contribution in [2.24, 2.45) is 0 Å². The van der Waals surface area contributed by atoms with Crippen molar-refractivity contribution in [1.82, 2.24) is 25.2 Å². The second kappa shape index (κ2) is 13.3. The number of likely N-dealkylation sites (tertiary alicyclic amines) is 1. The van der Waals surface area contributed by atoms with E-state index in [0.29, 0.717) is 23.9 Å². The highest BCUT2D eigenvalue weighted by molar-refractivity contribution is 7.59. The number of methoxy groups -OCH3 is 1. The van der Waals surface area contributed by atoms with Gasteiger partial charge < -0.3 is 25.6 Å². The van der Waals surface area contributed by atoms with Crippen LogP contribution in [0.1, 0.15) is 41.6 Å². The predicted octanol–water partition coefficient (Wildman–Crippen LogP) is 3.74. The van der Waals surface area contributed by atoms with E-state index in [4.69, 9.17) is 4.74 Å². The van der Waals surface area contributed by atoms with Crippen LogP contribution < -0.4 is 20.7 Å². The van der Waals surface area contributed by atoms with Gasteiger partial charge in [0, 0.05) is 48.9 Å². The van der Waals surface area contributed by atoms with Crippen molar-refractivity contribution in [2.75, 3.05) is 51.5 Å². The van der Waals surface area contributed by atoms with Gasteiger partial charge in [-0.1, -0.05) is 13.0 Å². The number of nitrogens with zero attached hydrogens (tertiary/aromatic N) is 4. The normalized spacial score (nSPS) is 14.8. The molecule has 198 valence electrons. The molecule has 0 aliphatic carbocycles. The average molecular weight is 524 g/mol. The van der Waals surface area contributed by atoms with Gasteiger partial charge in [-0.2, -0.15) is 13.5 Å². The third kappa shape index (κ3) is 7.33. The lowest BCUT2D eigenvalue weighted by atomic mass is 9.98. The number of aromatic nitrogens is 3. The van der Waals surface area contributed by atoms with Crippen LogP contribution in [0.25, 0.3) is 11.3 Å². The van der Waals surface area contributed by atoms with E-state index < -0.39 is 0 Å². The van der Waals surface area contributed by atoms with Crippen molar-refractivity contribution >= 4 is 31.0 Å². The van der Waals surface area contributed by atoms with Gasteiger partial charge in [-0.15, -0.1) is 0 Å². The molecule has 10 heteroatoms. The van der Waals surface area contributed by atoms with Crippen LogP contribution in [-0.2, 0) is 0 Å². The van der Waals surface area contributed by atoms with E-state index in [2.05, 4.69) is 49.8 Å². The number of hydrogen-bond donors (Lipinski definition) is 3. The predicted molar refractivity (Wildman–Crippen MR) is 153 cm³/mol. The number of hydrogen-bond acceptors (Lipinski definition) is 8. The summed E-state index contributed by atoms with van der Waals surface area (Å²) in [4.78, 5) is 27.7. The van der Waals surface area contributed by atoms with Crippen LogP contribution in [0.2, 0.25) is 0 Å². The van der Waals surface area contributed by atoms with Gasteiger partial charge in [0.05, 0.1) is 12.8 Å². The zero-order chi connectivity index (χ0) is 25.5. The van der Waals surface area contributed by atoms with E-state index in [9.17, 15) is 4.79 Å². The Bertz CT molecular complexity index is 1170. The third-order valence-corrected chi connectivity index (χ3v) is 6.64. The van der Waals surface area contributed by atoms with Crippen LogP contribution in [0.3, 0.4) is 0 Å². The maximum atomic E-state index is 11.9. The maximum absolute atomic E-state index is 11.9. The van der Waals surface area contributed by atoms with Gasteiger partial charge in [-0.25, -0.2) is 15.0 Å².